The molecule has 0 aromatic carbocycles. The number of hydrogen-bond donors (Lipinski definition) is 0. The molecule has 2 heterocycles. The van der Waals surface area contributed by atoms with Crippen molar-refractivity contribution in [3.05, 3.63) is 23.2 Å². The zero-order chi connectivity index (χ0) is 12.6. The van der Waals surface area contributed by atoms with Gasteiger partial charge in [-0.05, 0) is 15.9 Å². The maximum atomic E-state index is 11.8. The first-order chi connectivity index (χ1) is 7.89. The molecule has 2 rings (SSSR count). The normalized spacial score (nSPS) is 11.8. The van der Waals surface area contributed by atoms with Crippen LogP contribution in [0.25, 0.3) is 0 Å². The van der Waals surface area contributed by atoms with Gasteiger partial charge in [-0.3, -0.25) is 0 Å². The Morgan fingerprint density at radius 1 is 1.41 bits per heavy atom. The molecular formula is C6H2BrCl3N6O. The highest BCUT2D eigenvalue weighted by Gasteiger charge is 2.30. The molecule has 2 aromatic heterocycles. The minimum Gasteiger partial charge on any atom is -0.243 e. The van der Waals surface area contributed by atoms with Gasteiger partial charge >= 0.3 is 6.03 Å². The van der Waals surface area contributed by atoms with Gasteiger partial charge in [0.2, 0.25) is 10.6 Å². The molecule has 7 nitrogen and oxygen atoms in total. The minimum absolute atomic E-state index is 0.0966. The second-order valence-corrected chi connectivity index (χ2v) is 5.73. The predicted molar refractivity (Wildman–Crippen MR) is 63.2 cm³/mol. The molecule has 0 aliphatic heterocycles. The number of hydrogen-bond acceptors (Lipinski definition) is 5. The van der Waals surface area contributed by atoms with Crippen molar-refractivity contribution >= 4 is 56.8 Å². The van der Waals surface area contributed by atoms with E-state index in [0.717, 1.165) is 9.36 Å². The van der Waals surface area contributed by atoms with Gasteiger partial charge in [0.1, 0.15) is 12.7 Å². The van der Waals surface area contributed by atoms with Crippen molar-refractivity contribution in [2.45, 2.75) is 3.79 Å². The van der Waals surface area contributed by atoms with E-state index in [9.17, 15) is 4.79 Å². The van der Waals surface area contributed by atoms with Crippen LogP contribution in [0.3, 0.4) is 0 Å². The molecule has 0 fully saturated rings. The SMILES string of the molecule is O=C(n1cncn1)n1nc(C(Cl)(Cl)Cl)nc1Br. The Morgan fingerprint density at radius 3 is 2.59 bits per heavy atom. The van der Waals surface area contributed by atoms with E-state index < -0.39 is 9.82 Å². The summed E-state index contributed by atoms with van der Waals surface area (Å²) in [7, 11) is 0. The first kappa shape index (κ1) is 12.7. The molecule has 0 spiro atoms. The molecular weight excluding hydrogens is 358 g/mol. The Bertz CT molecular complexity index is 547. The third-order valence-electron chi connectivity index (χ3n) is 1.62. The Kier molecular flexibility index (Phi) is 3.39. The Morgan fingerprint density at radius 2 is 2.12 bits per heavy atom. The molecule has 0 saturated heterocycles. The largest absolute Gasteiger partial charge is 0.373 e. The molecule has 0 saturated carbocycles. The number of aromatic nitrogens is 6. The Hall–Kier alpha value is -0.700. The van der Waals surface area contributed by atoms with E-state index in [0.29, 0.717) is 0 Å². The van der Waals surface area contributed by atoms with Crippen molar-refractivity contribution in [3.63, 3.8) is 0 Å². The van der Waals surface area contributed by atoms with Gasteiger partial charge in [0.15, 0.2) is 0 Å². The maximum absolute atomic E-state index is 11.8. The third-order valence-corrected chi connectivity index (χ3v) is 2.64. The van der Waals surface area contributed by atoms with Crippen LogP contribution < -0.4 is 0 Å². The number of halogens is 4. The predicted octanol–water partition coefficient (Wildman–Crippen LogP) is 1.98. The number of carbonyl (C=O) groups is 1. The molecule has 0 N–H and O–H groups in total. The topological polar surface area (TPSA) is 78.5 Å². The molecule has 0 amide bonds. The molecule has 0 aliphatic carbocycles. The van der Waals surface area contributed by atoms with Gasteiger partial charge in [-0.1, -0.05) is 34.8 Å². The van der Waals surface area contributed by atoms with E-state index in [1.165, 1.54) is 12.7 Å². The monoisotopic (exact) mass is 358 g/mol. The van der Waals surface area contributed by atoms with Crippen LogP contribution in [0.4, 0.5) is 4.79 Å². The lowest BCUT2D eigenvalue weighted by Gasteiger charge is -2.03. The summed E-state index contributed by atoms with van der Waals surface area (Å²) in [5.41, 5.74) is 0. The summed E-state index contributed by atoms with van der Waals surface area (Å²) in [6, 6.07) is -0.609. The number of alkyl halides is 3. The first-order valence-corrected chi connectivity index (χ1v) is 5.91. The highest BCUT2D eigenvalue weighted by molar-refractivity contribution is 9.10. The standard InChI is InChI=1S/C6H2BrCl3N6O/c7-4-13-3(6(8,9)10)14-16(4)5(17)15-2-11-1-12-15/h1-2H. The van der Waals surface area contributed by atoms with E-state index in [-0.39, 0.29) is 10.6 Å². The summed E-state index contributed by atoms with van der Waals surface area (Å²) in [6.07, 6.45) is 2.42. The molecule has 0 atom stereocenters. The molecule has 0 aliphatic rings. The van der Waals surface area contributed by atoms with Crippen LogP contribution in [0, 0.1) is 0 Å². The van der Waals surface area contributed by atoms with Crippen molar-refractivity contribution in [1.29, 1.82) is 0 Å². The van der Waals surface area contributed by atoms with Crippen LogP contribution in [-0.2, 0) is 3.79 Å². The summed E-state index contributed by atoms with van der Waals surface area (Å²) < 4.78 is 0.142. The van der Waals surface area contributed by atoms with Crippen molar-refractivity contribution in [2.75, 3.05) is 0 Å². The average Bonchev–Trinajstić information content (AvgIpc) is 2.83. The highest BCUT2D eigenvalue weighted by Crippen LogP contribution is 2.36. The summed E-state index contributed by atoms with van der Waals surface area (Å²) in [6.45, 7) is 0. The van der Waals surface area contributed by atoms with Gasteiger partial charge in [-0.2, -0.15) is 14.5 Å². The zero-order valence-corrected chi connectivity index (χ0v) is 11.6. The Balaban J connectivity index is 2.41. The zero-order valence-electron chi connectivity index (χ0n) is 7.76. The quantitative estimate of drug-likeness (QED) is 0.671. The van der Waals surface area contributed by atoms with Crippen LogP contribution in [0.1, 0.15) is 5.82 Å². The summed E-state index contributed by atoms with van der Waals surface area (Å²) in [5.74, 6) is -0.122. The smallest absolute Gasteiger partial charge is 0.243 e. The fraction of sp³-hybridized carbons (Fsp3) is 0.167. The van der Waals surface area contributed by atoms with Gasteiger partial charge in [0.25, 0.3) is 3.79 Å². The highest BCUT2D eigenvalue weighted by atomic mass is 79.9. The molecule has 0 unspecified atom stereocenters. The molecule has 90 valence electrons. The van der Waals surface area contributed by atoms with Gasteiger partial charge < -0.3 is 0 Å². The second-order valence-electron chi connectivity index (χ2n) is 2.74. The van der Waals surface area contributed by atoms with Crippen molar-refractivity contribution in [2.24, 2.45) is 0 Å². The third kappa shape index (κ3) is 2.59. The van der Waals surface area contributed by atoms with Crippen LogP contribution in [0.15, 0.2) is 17.4 Å². The number of rotatable bonds is 0. The van der Waals surface area contributed by atoms with E-state index in [1.807, 2.05) is 0 Å². The van der Waals surface area contributed by atoms with E-state index >= 15 is 0 Å². The van der Waals surface area contributed by atoms with Crippen molar-refractivity contribution in [3.8, 4) is 0 Å². The summed E-state index contributed by atoms with van der Waals surface area (Å²) in [4.78, 5) is 19.3. The maximum Gasteiger partial charge on any atom is 0.373 e. The van der Waals surface area contributed by atoms with Crippen LogP contribution in [0.2, 0.25) is 0 Å². The molecule has 2 aromatic rings. The average molecular weight is 360 g/mol. The van der Waals surface area contributed by atoms with Crippen LogP contribution >= 0.6 is 50.7 Å². The fourth-order valence-corrected chi connectivity index (χ4v) is 1.58. The van der Waals surface area contributed by atoms with Gasteiger partial charge in [-0.25, -0.2) is 14.8 Å². The lowest BCUT2D eigenvalue weighted by atomic mass is 10.7. The van der Waals surface area contributed by atoms with Crippen LogP contribution in [0.5, 0.6) is 0 Å². The Labute approximate surface area is 118 Å². The molecule has 17 heavy (non-hydrogen) atoms. The number of nitrogens with zero attached hydrogens (tertiary/aromatic N) is 6. The van der Waals surface area contributed by atoms with E-state index in [2.05, 4.69) is 36.1 Å². The van der Waals surface area contributed by atoms with Crippen molar-refractivity contribution < 1.29 is 4.79 Å². The molecule has 11 heteroatoms. The summed E-state index contributed by atoms with van der Waals surface area (Å²) >= 11 is 19.8. The lowest BCUT2D eigenvalue weighted by Crippen LogP contribution is -2.21. The molecule has 0 radical (unpaired) electrons. The fourth-order valence-electron chi connectivity index (χ4n) is 0.939. The second kappa shape index (κ2) is 4.52. The lowest BCUT2D eigenvalue weighted by molar-refractivity contribution is 0.237. The number of carbonyl (C=O) groups excluding carboxylic acids is 1. The van der Waals surface area contributed by atoms with Gasteiger partial charge in [-0.15, -0.1) is 5.10 Å². The van der Waals surface area contributed by atoms with Gasteiger partial charge in [0.05, 0.1) is 0 Å². The molecule has 0 bridgehead atoms. The van der Waals surface area contributed by atoms with E-state index in [4.69, 9.17) is 34.8 Å². The van der Waals surface area contributed by atoms with E-state index in [1.54, 1.807) is 0 Å². The van der Waals surface area contributed by atoms with Crippen molar-refractivity contribution in [1.82, 2.24) is 29.5 Å². The van der Waals surface area contributed by atoms with Gasteiger partial charge in [0, 0.05) is 0 Å². The minimum atomic E-state index is -1.81. The first-order valence-electron chi connectivity index (χ1n) is 3.98. The van der Waals surface area contributed by atoms with Crippen LogP contribution in [-0.4, -0.2) is 35.6 Å². The summed E-state index contributed by atoms with van der Waals surface area (Å²) in [5, 5.41) is 7.41.